The van der Waals surface area contributed by atoms with Crippen LogP contribution in [-0.4, -0.2) is 37.8 Å². The Balaban J connectivity index is 2.00. The topological polar surface area (TPSA) is 146 Å². The van der Waals surface area contributed by atoms with Gasteiger partial charge in [-0.2, -0.15) is 5.26 Å². The first-order valence-corrected chi connectivity index (χ1v) is 11.7. The quantitative estimate of drug-likeness (QED) is 0.462. The van der Waals surface area contributed by atoms with Crippen molar-refractivity contribution in [2.45, 2.75) is 5.92 Å². The summed E-state index contributed by atoms with van der Waals surface area (Å²) in [4.78, 5) is 38.8. The molecule has 3 aromatic rings. The van der Waals surface area contributed by atoms with Crippen LogP contribution in [0.1, 0.15) is 11.5 Å². The number of thiazole rings is 1. The lowest BCUT2D eigenvalue weighted by molar-refractivity contribution is -0.133. The summed E-state index contributed by atoms with van der Waals surface area (Å²) in [6.07, 6.45) is 1.03. The molecule has 0 saturated carbocycles. The molecule has 1 aromatic heterocycles. The molecule has 1 amide bonds. The van der Waals surface area contributed by atoms with E-state index < -0.39 is 23.4 Å². The van der Waals surface area contributed by atoms with E-state index in [-0.39, 0.29) is 26.2 Å². The van der Waals surface area contributed by atoms with Gasteiger partial charge in [0.1, 0.15) is 26.5 Å². The van der Waals surface area contributed by atoms with E-state index in [4.69, 9.17) is 15.2 Å². The van der Waals surface area contributed by atoms with Gasteiger partial charge in [-0.15, -0.1) is 11.3 Å². The van der Waals surface area contributed by atoms with Crippen molar-refractivity contribution >= 4 is 46.4 Å². The van der Waals surface area contributed by atoms with Crippen LogP contribution in [-0.2, 0) is 14.3 Å². The van der Waals surface area contributed by atoms with Crippen molar-refractivity contribution < 1.29 is 23.8 Å². The Morgan fingerprint density at radius 2 is 1.65 bits per heavy atom. The lowest BCUT2D eigenvalue weighted by Gasteiger charge is -2.25. The Labute approximate surface area is 215 Å². The Morgan fingerprint density at radius 3 is 2.19 bits per heavy atom. The average molecular weight is 519 g/mol. The van der Waals surface area contributed by atoms with Crippen LogP contribution in [0, 0.1) is 11.3 Å². The van der Waals surface area contributed by atoms with Gasteiger partial charge in [-0.3, -0.25) is 14.2 Å². The van der Waals surface area contributed by atoms with Gasteiger partial charge in [-0.05, 0) is 42.0 Å². The van der Waals surface area contributed by atoms with E-state index in [1.165, 1.54) is 21.3 Å². The van der Waals surface area contributed by atoms with Gasteiger partial charge in [-0.25, -0.2) is 4.79 Å². The van der Waals surface area contributed by atoms with E-state index in [1.807, 2.05) is 0 Å². The lowest BCUT2D eigenvalue weighted by atomic mass is 9.83. The summed E-state index contributed by atoms with van der Waals surface area (Å²) in [7, 11) is 4.24. The minimum Gasteiger partial charge on any atom is -0.497 e. The lowest BCUT2D eigenvalue weighted by Crippen LogP contribution is -2.40. The molecule has 37 heavy (non-hydrogen) atoms. The van der Waals surface area contributed by atoms with Gasteiger partial charge in [0.05, 0.1) is 44.5 Å². The van der Waals surface area contributed by atoms with E-state index in [1.54, 1.807) is 48.5 Å². The Hall–Kier alpha value is -4.82. The van der Waals surface area contributed by atoms with Crippen molar-refractivity contribution in [1.82, 2.24) is 4.57 Å². The smallest absolute Gasteiger partial charge is 0.332 e. The number of anilines is 1. The first-order valence-electron chi connectivity index (χ1n) is 10.9. The second kappa shape index (κ2) is 10.4. The molecule has 2 heterocycles. The van der Waals surface area contributed by atoms with Gasteiger partial charge in [0, 0.05) is 11.8 Å². The summed E-state index contributed by atoms with van der Waals surface area (Å²) >= 11 is 0.909. The molecular formula is C26H22N4O6S. The average Bonchev–Trinajstić information content (AvgIpc) is 3.24. The molecule has 0 saturated heterocycles. The van der Waals surface area contributed by atoms with Crippen molar-refractivity contribution in [1.29, 1.82) is 5.26 Å². The van der Waals surface area contributed by atoms with Gasteiger partial charge in [0.15, 0.2) is 0 Å². The van der Waals surface area contributed by atoms with Crippen LogP contribution >= 0.6 is 11.3 Å². The number of ether oxygens (including phenoxy) is 3. The molecule has 3 N–H and O–H groups in total. The number of nitrogens with one attached hydrogen (secondary N) is 1. The molecule has 0 bridgehead atoms. The highest BCUT2D eigenvalue weighted by Crippen LogP contribution is 2.37. The number of allylic oxidation sites excluding steroid dienone is 1. The number of rotatable bonds is 6. The highest BCUT2D eigenvalue weighted by Gasteiger charge is 2.35. The van der Waals surface area contributed by atoms with Crippen LogP contribution in [0.25, 0.3) is 17.5 Å². The van der Waals surface area contributed by atoms with Crippen molar-refractivity contribution in [3.63, 3.8) is 0 Å². The molecule has 1 aliphatic heterocycles. The molecule has 2 aromatic carbocycles. The zero-order chi connectivity index (χ0) is 26.7. The number of nitriles is 1. The first kappa shape index (κ1) is 25.3. The van der Waals surface area contributed by atoms with Crippen LogP contribution in [0.5, 0.6) is 11.5 Å². The molecule has 0 aliphatic carbocycles. The summed E-state index contributed by atoms with van der Waals surface area (Å²) < 4.78 is 16.3. The van der Waals surface area contributed by atoms with Gasteiger partial charge in [0.2, 0.25) is 0 Å². The van der Waals surface area contributed by atoms with E-state index in [0.29, 0.717) is 22.7 Å². The zero-order valence-corrected chi connectivity index (χ0v) is 20.9. The monoisotopic (exact) mass is 518 g/mol. The standard InChI is InChI=1S/C26H22N4O6S/c1-34-16-8-4-14(5-9-16)21-18(13-27)23(28)30-25(33)19(12-20(31)36-3)37-26(30)22(21)24(32)29-15-6-10-17(35-2)11-7-15/h4-12,21H,28H2,1-3H3,(H,29,32)/b19-12-/t21-/m1/s1. The zero-order valence-electron chi connectivity index (χ0n) is 20.1. The molecule has 10 nitrogen and oxygen atoms in total. The Morgan fingerprint density at radius 1 is 1.05 bits per heavy atom. The van der Waals surface area contributed by atoms with E-state index in [2.05, 4.69) is 16.1 Å². The number of esters is 1. The summed E-state index contributed by atoms with van der Waals surface area (Å²) in [5.41, 5.74) is 6.88. The minimum absolute atomic E-state index is 0.00668. The third-order valence-corrected chi connectivity index (χ3v) is 6.87. The molecule has 0 unspecified atom stereocenters. The molecule has 11 heteroatoms. The van der Waals surface area contributed by atoms with Crippen LogP contribution in [0.15, 0.2) is 58.9 Å². The second-order valence-corrected chi connectivity index (χ2v) is 8.82. The number of methoxy groups -OCH3 is 3. The first-order chi connectivity index (χ1) is 17.8. The van der Waals surface area contributed by atoms with Crippen LogP contribution in [0.3, 0.4) is 0 Å². The third-order valence-electron chi connectivity index (χ3n) is 5.76. The fourth-order valence-corrected chi connectivity index (χ4v) is 5.07. The summed E-state index contributed by atoms with van der Waals surface area (Å²) in [6.45, 7) is 0. The number of aromatic nitrogens is 1. The normalized spacial score (nSPS) is 15.0. The molecule has 0 fully saturated rings. The number of amides is 1. The van der Waals surface area contributed by atoms with E-state index in [0.717, 1.165) is 22.0 Å². The van der Waals surface area contributed by atoms with E-state index >= 15 is 0 Å². The number of nitrogens with two attached hydrogens (primary N) is 1. The predicted octanol–water partition coefficient (Wildman–Crippen LogP) is 1.12. The van der Waals surface area contributed by atoms with Gasteiger partial charge < -0.3 is 25.3 Å². The number of carbonyl (C=O) groups excluding carboxylic acids is 2. The maximum Gasteiger partial charge on any atom is 0.332 e. The SMILES string of the molecule is COC(=O)/C=c1\sc2n(c1=O)C(N)=C(C#N)[C@@H](c1ccc(OC)cc1)C=2C(=O)Nc1ccc(OC)cc1. The van der Waals surface area contributed by atoms with Crippen molar-refractivity contribution in [3.8, 4) is 17.6 Å². The minimum atomic E-state index is -0.891. The molecular weight excluding hydrogens is 496 g/mol. The second-order valence-electron chi connectivity index (χ2n) is 7.79. The van der Waals surface area contributed by atoms with Crippen LogP contribution in [0.2, 0.25) is 0 Å². The predicted molar refractivity (Wildman–Crippen MR) is 138 cm³/mol. The molecule has 0 spiro atoms. The third kappa shape index (κ3) is 4.70. The van der Waals surface area contributed by atoms with Crippen molar-refractivity contribution in [2.75, 3.05) is 26.6 Å². The largest absolute Gasteiger partial charge is 0.497 e. The molecule has 1 atom stereocenters. The number of nitrogens with zero attached hydrogens (tertiary/aromatic N) is 2. The number of carbonyl (C=O) groups is 2. The maximum atomic E-state index is 13.8. The fraction of sp³-hybridized carbons (Fsp3) is 0.154. The fourth-order valence-electron chi connectivity index (χ4n) is 3.94. The molecule has 4 rings (SSSR count). The van der Waals surface area contributed by atoms with Crippen LogP contribution in [0.4, 0.5) is 5.69 Å². The Kier molecular flexibility index (Phi) is 7.13. The van der Waals surface area contributed by atoms with Crippen LogP contribution < -0.4 is 35.3 Å². The molecule has 188 valence electrons. The number of fused-ring (bicyclic) bond motifs is 1. The maximum absolute atomic E-state index is 13.8. The van der Waals surface area contributed by atoms with Gasteiger partial charge in [-0.1, -0.05) is 12.1 Å². The highest BCUT2D eigenvalue weighted by atomic mass is 32.1. The van der Waals surface area contributed by atoms with Crippen molar-refractivity contribution in [3.05, 3.63) is 79.2 Å². The molecule has 1 aliphatic rings. The molecule has 0 radical (unpaired) electrons. The van der Waals surface area contributed by atoms with Gasteiger partial charge in [0.25, 0.3) is 11.5 Å². The van der Waals surface area contributed by atoms with Crippen molar-refractivity contribution in [2.24, 2.45) is 5.73 Å². The summed E-state index contributed by atoms with van der Waals surface area (Å²) in [5.74, 6) is -1.11. The summed E-state index contributed by atoms with van der Waals surface area (Å²) in [5, 5.41) is 12.9. The summed E-state index contributed by atoms with van der Waals surface area (Å²) in [6, 6.07) is 15.6. The Bertz CT molecular complexity index is 1630. The number of hydrogen-bond donors (Lipinski definition) is 2. The van der Waals surface area contributed by atoms with E-state index in [9.17, 15) is 19.6 Å². The van der Waals surface area contributed by atoms with Gasteiger partial charge >= 0.3 is 5.97 Å². The highest BCUT2D eigenvalue weighted by molar-refractivity contribution is 7.07. The number of benzene rings is 2. The number of hydrogen-bond acceptors (Lipinski definition) is 9.